The van der Waals surface area contributed by atoms with Crippen LogP contribution in [0.4, 0.5) is 5.69 Å². The molecule has 1 aromatic carbocycles. The van der Waals surface area contributed by atoms with Gasteiger partial charge in [-0.15, -0.1) is 0 Å². The van der Waals surface area contributed by atoms with Crippen LogP contribution >= 0.6 is 12.6 Å². The zero-order chi connectivity index (χ0) is 13.8. The Bertz CT molecular complexity index is 365. The summed E-state index contributed by atoms with van der Waals surface area (Å²) in [6, 6.07) is 8.38. The summed E-state index contributed by atoms with van der Waals surface area (Å²) in [6.45, 7) is 11.1. The molecule has 0 saturated carbocycles. The molecule has 0 aliphatic carbocycles. The molecule has 18 heavy (non-hydrogen) atoms. The van der Waals surface area contributed by atoms with Gasteiger partial charge < -0.3 is 10.1 Å². The molecule has 0 aliphatic rings. The van der Waals surface area contributed by atoms with Crippen LogP contribution in [0.25, 0.3) is 0 Å². The summed E-state index contributed by atoms with van der Waals surface area (Å²) in [7, 11) is 0. The Morgan fingerprint density at radius 3 is 2.06 bits per heavy atom. The van der Waals surface area contributed by atoms with Gasteiger partial charge >= 0.3 is 0 Å². The van der Waals surface area contributed by atoms with Crippen molar-refractivity contribution >= 4 is 18.3 Å². The molecule has 1 N–H and O–H groups in total. The fraction of sp³-hybridized carbons (Fsp3) is 0.600. The van der Waals surface area contributed by atoms with Crippen molar-refractivity contribution in [3.05, 3.63) is 29.8 Å². The second kappa shape index (κ2) is 5.98. The number of hydrogen-bond acceptors (Lipinski definition) is 3. The lowest BCUT2D eigenvalue weighted by Crippen LogP contribution is -2.32. The number of nitrogens with one attached hydrogen (secondary N) is 1. The van der Waals surface area contributed by atoms with Crippen LogP contribution in [0.3, 0.4) is 0 Å². The topological polar surface area (TPSA) is 21.3 Å². The van der Waals surface area contributed by atoms with E-state index in [-0.39, 0.29) is 11.1 Å². The predicted octanol–water partition coefficient (Wildman–Crippen LogP) is 4.12. The minimum Gasteiger partial charge on any atom is -0.379 e. The minimum atomic E-state index is -0.0923. The van der Waals surface area contributed by atoms with Crippen LogP contribution in [0, 0.1) is 0 Å². The van der Waals surface area contributed by atoms with Gasteiger partial charge in [-0.3, -0.25) is 0 Å². The van der Waals surface area contributed by atoms with Gasteiger partial charge in [-0.1, -0.05) is 12.1 Å². The van der Waals surface area contributed by atoms with Crippen molar-refractivity contribution in [3.63, 3.8) is 0 Å². The van der Waals surface area contributed by atoms with E-state index in [1.54, 1.807) is 0 Å². The van der Waals surface area contributed by atoms with Gasteiger partial charge in [0.25, 0.3) is 0 Å². The van der Waals surface area contributed by atoms with Crippen LogP contribution < -0.4 is 5.32 Å². The van der Waals surface area contributed by atoms with Gasteiger partial charge in [-0.25, -0.2) is 0 Å². The molecule has 0 bridgehead atoms. The summed E-state index contributed by atoms with van der Waals surface area (Å²) in [4.78, 5) is 0. The van der Waals surface area contributed by atoms with Crippen molar-refractivity contribution in [2.24, 2.45) is 0 Å². The van der Waals surface area contributed by atoms with Gasteiger partial charge in [0.05, 0.1) is 12.2 Å². The van der Waals surface area contributed by atoms with Gasteiger partial charge in [0.2, 0.25) is 0 Å². The monoisotopic (exact) mass is 267 g/mol. The molecule has 1 rings (SSSR count). The molecule has 0 saturated heterocycles. The summed E-state index contributed by atoms with van der Waals surface area (Å²) in [6.07, 6.45) is 0. The predicted molar refractivity (Wildman–Crippen MR) is 82.5 cm³/mol. The number of thiol groups is 1. The van der Waals surface area contributed by atoms with Gasteiger partial charge in [0, 0.05) is 17.0 Å². The number of ether oxygens (including phenoxy) is 1. The highest BCUT2D eigenvalue weighted by atomic mass is 32.1. The van der Waals surface area contributed by atoms with Crippen molar-refractivity contribution < 1.29 is 4.74 Å². The maximum absolute atomic E-state index is 5.74. The van der Waals surface area contributed by atoms with Crippen molar-refractivity contribution in [2.45, 2.75) is 52.4 Å². The lowest BCUT2D eigenvalue weighted by atomic mass is 10.1. The SMILES string of the molecule is CC(C)(CS)Nc1ccc(COC(C)(C)C)cc1. The molecule has 0 spiro atoms. The third-order valence-electron chi connectivity index (χ3n) is 2.50. The van der Waals surface area contributed by atoms with Crippen LogP contribution in [0.5, 0.6) is 0 Å². The van der Waals surface area contributed by atoms with Gasteiger partial charge in [0.1, 0.15) is 0 Å². The van der Waals surface area contributed by atoms with Crippen molar-refractivity contribution in [1.29, 1.82) is 0 Å². The quantitative estimate of drug-likeness (QED) is 0.783. The Morgan fingerprint density at radius 2 is 1.61 bits per heavy atom. The molecule has 0 heterocycles. The van der Waals surface area contributed by atoms with Crippen LogP contribution in [-0.4, -0.2) is 16.9 Å². The van der Waals surface area contributed by atoms with Crippen LogP contribution in [0.15, 0.2) is 24.3 Å². The van der Waals surface area contributed by atoms with Crippen molar-refractivity contribution in [1.82, 2.24) is 0 Å². The van der Waals surface area contributed by atoms with Crippen LogP contribution in [0.1, 0.15) is 40.2 Å². The summed E-state index contributed by atoms with van der Waals surface area (Å²) in [5, 5.41) is 3.45. The van der Waals surface area contributed by atoms with Gasteiger partial charge in [-0.05, 0) is 52.3 Å². The molecule has 0 aromatic heterocycles. The first-order valence-electron chi connectivity index (χ1n) is 6.34. The molecule has 0 atom stereocenters. The lowest BCUT2D eigenvalue weighted by molar-refractivity contribution is -0.0149. The zero-order valence-corrected chi connectivity index (χ0v) is 13.0. The Labute approximate surface area is 117 Å². The van der Waals surface area contributed by atoms with Gasteiger partial charge in [-0.2, -0.15) is 12.6 Å². The van der Waals surface area contributed by atoms with E-state index in [0.717, 1.165) is 11.4 Å². The molecule has 0 radical (unpaired) electrons. The van der Waals surface area contributed by atoms with Crippen LogP contribution in [0.2, 0.25) is 0 Å². The Balaban J connectivity index is 2.58. The van der Waals surface area contributed by atoms with E-state index in [4.69, 9.17) is 4.74 Å². The Kier molecular flexibility index (Phi) is 5.11. The largest absolute Gasteiger partial charge is 0.379 e. The normalized spacial score (nSPS) is 12.6. The molecular weight excluding hydrogens is 242 g/mol. The zero-order valence-electron chi connectivity index (χ0n) is 12.1. The summed E-state index contributed by atoms with van der Waals surface area (Å²) in [5.74, 6) is 0.794. The first-order chi connectivity index (χ1) is 8.22. The van der Waals surface area contributed by atoms with E-state index < -0.39 is 0 Å². The number of rotatable bonds is 5. The average Bonchev–Trinajstić information content (AvgIpc) is 2.27. The van der Waals surface area contributed by atoms with E-state index in [2.05, 4.69) is 76.8 Å². The average molecular weight is 267 g/mol. The summed E-state index contributed by atoms with van der Waals surface area (Å²) < 4.78 is 5.74. The standard InChI is InChI=1S/C15H25NOS/c1-14(2,3)17-10-12-6-8-13(9-7-12)16-15(4,5)11-18/h6-9,16,18H,10-11H2,1-5H3. The van der Waals surface area contributed by atoms with Gasteiger partial charge in [0.15, 0.2) is 0 Å². The van der Waals surface area contributed by atoms with E-state index in [9.17, 15) is 0 Å². The first-order valence-corrected chi connectivity index (χ1v) is 6.97. The molecule has 0 amide bonds. The lowest BCUT2D eigenvalue weighted by Gasteiger charge is -2.25. The second-order valence-corrected chi connectivity index (χ2v) is 6.58. The molecule has 2 nitrogen and oxygen atoms in total. The summed E-state index contributed by atoms with van der Waals surface area (Å²) in [5.41, 5.74) is 2.23. The maximum Gasteiger partial charge on any atom is 0.0724 e. The fourth-order valence-electron chi connectivity index (χ4n) is 1.41. The number of hydrogen-bond donors (Lipinski definition) is 2. The highest BCUT2D eigenvalue weighted by Gasteiger charge is 2.14. The highest BCUT2D eigenvalue weighted by molar-refractivity contribution is 7.80. The van der Waals surface area contributed by atoms with Crippen LogP contribution in [-0.2, 0) is 11.3 Å². The molecule has 0 aliphatic heterocycles. The molecule has 0 unspecified atom stereocenters. The summed E-state index contributed by atoms with van der Waals surface area (Å²) >= 11 is 4.33. The van der Waals surface area contributed by atoms with E-state index in [1.807, 2.05) is 0 Å². The molecule has 1 aromatic rings. The van der Waals surface area contributed by atoms with E-state index in [0.29, 0.717) is 6.61 Å². The Hall–Kier alpha value is -0.670. The van der Waals surface area contributed by atoms with E-state index >= 15 is 0 Å². The third kappa shape index (κ3) is 5.78. The highest BCUT2D eigenvalue weighted by Crippen LogP contribution is 2.18. The second-order valence-electron chi connectivity index (χ2n) is 6.26. The Morgan fingerprint density at radius 1 is 1.06 bits per heavy atom. The third-order valence-corrected chi connectivity index (χ3v) is 3.29. The number of anilines is 1. The molecular formula is C15H25NOS. The van der Waals surface area contributed by atoms with Crippen molar-refractivity contribution in [3.8, 4) is 0 Å². The molecule has 3 heteroatoms. The minimum absolute atomic E-state index is 0.00649. The molecule has 0 fully saturated rings. The van der Waals surface area contributed by atoms with Crippen molar-refractivity contribution in [2.75, 3.05) is 11.1 Å². The fourth-order valence-corrected chi connectivity index (χ4v) is 1.49. The maximum atomic E-state index is 5.74. The number of benzene rings is 1. The molecule has 102 valence electrons. The smallest absolute Gasteiger partial charge is 0.0724 e. The first kappa shape index (κ1) is 15.4. The van der Waals surface area contributed by atoms with E-state index in [1.165, 1.54) is 5.56 Å².